The second-order valence-electron chi connectivity index (χ2n) is 5.18. The molecule has 0 saturated carbocycles. The van der Waals surface area contributed by atoms with Gasteiger partial charge in [0.05, 0.1) is 15.5 Å². The van der Waals surface area contributed by atoms with Gasteiger partial charge in [-0.05, 0) is 6.07 Å². The van der Waals surface area contributed by atoms with Crippen LogP contribution in [-0.2, 0) is 10.0 Å². The fourth-order valence-electron chi connectivity index (χ4n) is 2.24. The predicted octanol–water partition coefficient (Wildman–Crippen LogP) is 3.43. The van der Waals surface area contributed by atoms with E-state index in [4.69, 9.17) is 0 Å². The molecule has 0 fully saturated rings. The van der Waals surface area contributed by atoms with Crippen molar-refractivity contribution in [2.24, 2.45) is 0 Å². The van der Waals surface area contributed by atoms with Gasteiger partial charge in [-0.1, -0.05) is 24.3 Å². The van der Waals surface area contributed by atoms with E-state index in [0.717, 1.165) is 23.5 Å². The maximum Gasteiger partial charge on any atom is 0.289 e. The number of para-hydroxylation sites is 1. The number of nitrogens with zero attached hydrogens (tertiary/aromatic N) is 3. The first-order chi connectivity index (χ1) is 12.8. The average molecular weight is 406 g/mol. The molecule has 3 aromatic rings. The minimum atomic E-state index is -4.23. The Hall–Kier alpha value is -3.38. The van der Waals surface area contributed by atoms with Crippen LogP contribution in [0.3, 0.4) is 0 Å². The third-order valence-electron chi connectivity index (χ3n) is 3.43. The highest BCUT2D eigenvalue weighted by Crippen LogP contribution is 2.30. The van der Waals surface area contributed by atoms with Crippen molar-refractivity contribution >= 4 is 37.9 Å². The number of non-ortho nitro benzene ring substituents is 1. The Morgan fingerprint density at radius 1 is 1.00 bits per heavy atom. The highest BCUT2D eigenvalue weighted by Gasteiger charge is 2.26. The molecule has 3 rings (SSSR count). The molecule has 138 valence electrons. The van der Waals surface area contributed by atoms with Crippen LogP contribution in [0.5, 0.6) is 0 Å². The van der Waals surface area contributed by atoms with E-state index >= 15 is 0 Å². The average Bonchev–Trinajstić information content (AvgIpc) is 3.09. The van der Waals surface area contributed by atoms with Gasteiger partial charge in [0.1, 0.15) is 0 Å². The first-order valence-corrected chi connectivity index (χ1v) is 9.61. The van der Waals surface area contributed by atoms with E-state index in [9.17, 15) is 28.6 Å². The number of sulfonamides is 1. The highest BCUT2D eigenvalue weighted by molar-refractivity contribution is 7.93. The maximum atomic E-state index is 12.5. The van der Waals surface area contributed by atoms with Crippen molar-refractivity contribution in [2.45, 2.75) is 4.90 Å². The molecule has 12 heteroatoms. The smallest absolute Gasteiger partial charge is 0.258 e. The Labute approximate surface area is 156 Å². The third kappa shape index (κ3) is 3.91. The van der Waals surface area contributed by atoms with Gasteiger partial charge in [0.25, 0.3) is 21.4 Å². The molecule has 1 aromatic heterocycles. The summed E-state index contributed by atoms with van der Waals surface area (Å²) >= 11 is 0.953. The van der Waals surface area contributed by atoms with Gasteiger partial charge < -0.3 is 0 Å². The molecule has 2 aromatic carbocycles. The molecule has 0 unspecified atom stereocenters. The van der Waals surface area contributed by atoms with E-state index in [1.54, 1.807) is 6.07 Å². The van der Waals surface area contributed by atoms with Crippen molar-refractivity contribution in [1.82, 2.24) is 4.98 Å². The first-order valence-electron chi connectivity index (χ1n) is 7.24. The summed E-state index contributed by atoms with van der Waals surface area (Å²) in [5.41, 5.74) is 0.101. The zero-order valence-electron chi connectivity index (χ0n) is 13.3. The van der Waals surface area contributed by atoms with Gasteiger partial charge in [-0.2, -0.15) is 0 Å². The first kappa shape index (κ1) is 18.4. The number of nitro benzene ring substituents is 2. The lowest BCUT2D eigenvalue weighted by Gasteiger charge is -2.05. The second kappa shape index (κ2) is 7.09. The molecule has 0 aliphatic heterocycles. The van der Waals surface area contributed by atoms with Crippen LogP contribution in [0.2, 0.25) is 0 Å². The number of hydrogen-bond donors (Lipinski definition) is 1. The van der Waals surface area contributed by atoms with Gasteiger partial charge in [-0.25, -0.2) is 13.4 Å². The molecule has 0 aliphatic rings. The largest absolute Gasteiger partial charge is 0.289 e. The van der Waals surface area contributed by atoms with Gasteiger partial charge >= 0.3 is 0 Å². The lowest BCUT2D eigenvalue weighted by atomic mass is 10.1. The van der Waals surface area contributed by atoms with Crippen LogP contribution in [0.1, 0.15) is 0 Å². The topological polar surface area (TPSA) is 145 Å². The normalized spacial score (nSPS) is 11.1. The van der Waals surface area contributed by atoms with Crippen LogP contribution in [0, 0.1) is 20.2 Å². The molecule has 0 saturated heterocycles. The van der Waals surface area contributed by atoms with Crippen molar-refractivity contribution in [3.05, 3.63) is 74.1 Å². The fraction of sp³-hybridized carbons (Fsp3) is 0. The van der Waals surface area contributed by atoms with Crippen LogP contribution >= 0.6 is 11.3 Å². The van der Waals surface area contributed by atoms with E-state index in [1.165, 1.54) is 35.7 Å². The van der Waals surface area contributed by atoms with Crippen molar-refractivity contribution < 1.29 is 18.3 Å². The molecule has 0 radical (unpaired) electrons. The highest BCUT2D eigenvalue weighted by atomic mass is 32.2. The van der Waals surface area contributed by atoms with E-state index in [0.29, 0.717) is 11.3 Å². The van der Waals surface area contributed by atoms with Crippen LogP contribution in [-0.4, -0.2) is 23.2 Å². The third-order valence-corrected chi connectivity index (χ3v) is 5.70. The quantitative estimate of drug-likeness (QED) is 0.487. The number of aromatic nitrogens is 1. The number of anilines is 1. The summed E-state index contributed by atoms with van der Waals surface area (Å²) in [6, 6.07) is 10.7. The minimum absolute atomic E-state index is 0.0188. The molecule has 1 N–H and O–H groups in total. The summed E-state index contributed by atoms with van der Waals surface area (Å²) in [5, 5.41) is 23.4. The van der Waals surface area contributed by atoms with Crippen molar-refractivity contribution in [1.29, 1.82) is 0 Å². The number of nitro groups is 2. The van der Waals surface area contributed by atoms with Crippen LogP contribution in [0.25, 0.3) is 11.3 Å². The monoisotopic (exact) mass is 406 g/mol. The van der Waals surface area contributed by atoms with E-state index in [1.807, 2.05) is 0 Å². The number of benzene rings is 2. The van der Waals surface area contributed by atoms with Crippen molar-refractivity contribution in [3.63, 3.8) is 0 Å². The maximum absolute atomic E-state index is 12.5. The zero-order valence-corrected chi connectivity index (χ0v) is 14.9. The summed E-state index contributed by atoms with van der Waals surface area (Å²) in [4.78, 5) is 24.2. The van der Waals surface area contributed by atoms with Gasteiger partial charge in [-0.15, -0.1) is 11.3 Å². The minimum Gasteiger partial charge on any atom is -0.258 e. The molecular formula is C15H10N4O6S2. The van der Waals surface area contributed by atoms with Gasteiger partial charge in [-0.3, -0.25) is 25.0 Å². The van der Waals surface area contributed by atoms with E-state index in [-0.39, 0.29) is 10.8 Å². The SMILES string of the molecule is O=[N+]([O-])c1cccc(-c2csc(NS(=O)(=O)c3ccccc3[N+](=O)[O-])n2)c1. The molecule has 0 bridgehead atoms. The molecule has 0 aliphatic carbocycles. The second-order valence-corrected chi connectivity index (χ2v) is 7.68. The van der Waals surface area contributed by atoms with Crippen LogP contribution < -0.4 is 4.72 Å². The van der Waals surface area contributed by atoms with Crippen molar-refractivity contribution in [3.8, 4) is 11.3 Å². The Kier molecular flexibility index (Phi) is 4.83. The van der Waals surface area contributed by atoms with Gasteiger partial charge in [0.15, 0.2) is 10.0 Å². The van der Waals surface area contributed by atoms with Crippen molar-refractivity contribution in [2.75, 3.05) is 4.72 Å². The molecular weight excluding hydrogens is 396 g/mol. The molecule has 1 heterocycles. The zero-order chi connectivity index (χ0) is 19.6. The fourth-order valence-corrected chi connectivity index (χ4v) is 4.38. The Bertz CT molecular complexity index is 1140. The Morgan fingerprint density at radius 3 is 2.44 bits per heavy atom. The number of thiazole rings is 1. The molecule has 10 nitrogen and oxygen atoms in total. The summed E-state index contributed by atoms with van der Waals surface area (Å²) in [5.74, 6) is 0. The Morgan fingerprint density at radius 2 is 1.74 bits per heavy atom. The predicted molar refractivity (Wildman–Crippen MR) is 98.1 cm³/mol. The lowest BCUT2D eigenvalue weighted by molar-refractivity contribution is -0.387. The number of rotatable bonds is 6. The van der Waals surface area contributed by atoms with Crippen LogP contribution in [0.15, 0.2) is 58.8 Å². The van der Waals surface area contributed by atoms with Gasteiger partial charge in [0, 0.05) is 29.1 Å². The number of nitrogens with one attached hydrogen (secondary N) is 1. The molecule has 27 heavy (non-hydrogen) atoms. The summed E-state index contributed by atoms with van der Waals surface area (Å²) in [7, 11) is -4.23. The summed E-state index contributed by atoms with van der Waals surface area (Å²) in [6.07, 6.45) is 0. The van der Waals surface area contributed by atoms with E-state index < -0.39 is 30.5 Å². The number of hydrogen-bond acceptors (Lipinski definition) is 8. The Balaban J connectivity index is 1.91. The summed E-state index contributed by atoms with van der Waals surface area (Å²) in [6.45, 7) is 0. The molecule has 0 spiro atoms. The summed E-state index contributed by atoms with van der Waals surface area (Å²) < 4.78 is 27.2. The van der Waals surface area contributed by atoms with E-state index in [2.05, 4.69) is 9.71 Å². The van der Waals surface area contributed by atoms with Gasteiger partial charge in [0.2, 0.25) is 0 Å². The molecule has 0 atom stereocenters. The van der Waals surface area contributed by atoms with Crippen LogP contribution in [0.4, 0.5) is 16.5 Å². The lowest BCUT2D eigenvalue weighted by Crippen LogP contribution is -2.14. The molecule has 0 amide bonds. The standard InChI is InChI=1S/C15H10N4O6S2/c20-18(21)11-5-3-4-10(8-11)12-9-26-15(16-12)17-27(24,25)14-7-2-1-6-13(14)19(22)23/h1-9H,(H,16,17).